The maximum absolute atomic E-state index is 12.1. The van der Waals surface area contributed by atoms with E-state index >= 15 is 0 Å². The van der Waals surface area contributed by atoms with Gasteiger partial charge in [0.05, 0.1) is 0 Å². The average Bonchev–Trinajstić information content (AvgIpc) is 3.01. The summed E-state index contributed by atoms with van der Waals surface area (Å²) in [5.41, 5.74) is 1.83. The molecule has 1 aliphatic rings. The van der Waals surface area contributed by atoms with Gasteiger partial charge in [-0.2, -0.15) is 0 Å². The van der Waals surface area contributed by atoms with Crippen LogP contribution in [0, 0.1) is 0 Å². The zero-order chi connectivity index (χ0) is 16.2. The molecule has 3 N–H and O–H groups in total. The molecule has 120 valence electrons. The fourth-order valence-electron chi connectivity index (χ4n) is 2.37. The first-order valence-corrected chi connectivity index (χ1v) is 7.78. The van der Waals surface area contributed by atoms with Crippen LogP contribution in [0.2, 0.25) is 5.02 Å². The number of carbonyl (C=O) groups is 1. The summed E-state index contributed by atoms with van der Waals surface area (Å²) in [7, 11) is 0. The SMILES string of the molecule is C[C@H]([NH2+]CC(=O)Nc1ccc2c(c1)OCO2)c1ccc(Cl)cc1. The Bertz CT molecular complexity index is 703. The van der Waals surface area contributed by atoms with Crippen molar-refractivity contribution in [2.45, 2.75) is 13.0 Å². The van der Waals surface area contributed by atoms with E-state index in [0.717, 1.165) is 5.56 Å². The zero-order valence-electron chi connectivity index (χ0n) is 12.7. The number of hydrogen-bond donors (Lipinski definition) is 2. The van der Waals surface area contributed by atoms with Crippen LogP contribution in [0.5, 0.6) is 11.5 Å². The van der Waals surface area contributed by atoms with E-state index < -0.39 is 0 Å². The fraction of sp³-hybridized carbons (Fsp3) is 0.235. The van der Waals surface area contributed by atoms with Crippen molar-refractivity contribution in [2.75, 3.05) is 18.7 Å². The Balaban J connectivity index is 1.52. The van der Waals surface area contributed by atoms with Gasteiger partial charge in [0.2, 0.25) is 6.79 Å². The number of rotatable bonds is 5. The lowest BCUT2D eigenvalue weighted by molar-refractivity contribution is -0.682. The van der Waals surface area contributed by atoms with Crippen LogP contribution in [0.15, 0.2) is 42.5 Å². The van der Waals surface area contributed by atoms with E-state index in [-0.39, 0.29) is 18.7 Å². The third-order valence-electron chi connectivity index (χ3n) is 3.71. The van der Waals surface area contributed by atoms with Gasteiger partial charge < -0.3 is 20.1 Å². The Kier molecular flexibility index (Phi) is 4.69. The number of anilines is 1. The number of fused-ring (bicyclic) bond motifs is 1. The third-order valence-corrected chi connectivity index (χ3v) is 3.96. The standard InChI is InChI=1S/C17H17ClN2O3/c1-11(12-2-4-13(18)5-3-12)19-9-17(21)20-14-6-7-15-16(8-14)23-10-22-15/h2-8,11,19H,9-10H2,1H3,(H,20,21)/p+1/t11-/m0/s1. The summed E-state index contributed by atoms with van der Waals surface area (Å²) in [6, 6.07) is 13.2. The molecule has 6 heteroatoms. The molecule has 0 fully saturated rings. The molecule has 1 aliphatic heterocycles. The van der Waals surface area contributed by atoms with Crippen molar-refractivity contribution in [1.29, 1.82) is 0 Å². The second-order valence-electron chi connectivity index (χ2n) is 5.40. The summed E-state index contributed by atoms with van der Waals surface area (Å²) < 4.78 is 10.5. The Morgan fingerprint density at radius 1 is 1.22 bits per heavy atom. The maximum atomic E-state index is 12.1. The smallest absolute Gasteiger partial charge is 0.279 e. The summed E-state index contributed by atoms with van der Waals surface area (Å²) in [5, 5.41) is 5.55. The molecule has 0 radical (unpaired) electrons. The molecule has 2 aromatic rings. The van der Waals surface area contributed by atoms with Gasteiger partial charge in [-0.15, -0.1) is 0 Å². The van der Waals surface area contributed by atoms with E-state index in [1.165, 1.54) is 0 Å². The molecule has 1 amide bonds. The van der Waals surface area contributed by atoms with Gasteiger partial charge in [-0.1, -0.05) is 23.7 Å². The monoisotopic (exact) mass is 333 g/mol. The summed E-state index contributed by atoms with van der Waals surface area (Å²) in [4.78, 5) is 12.1. The van der Waals surface area contributed by atoms with Crippen LogP contribution in [-0.2, 0) is 4.79 Å². The average molecular weight is 334 g/mol. The molecule has 1 atom stereocenters. The molecular weight excluding hydrogens is 316 g/mol. The van der Waals surface area contributed by atoms with E-state index in [9.17, 15) is 4.79 Å². The quantitative estimate of drug-likeness (QED) is 0.882. The van der Waals surface area contributed by atoms with Gasteiger partial charge in [-0.05, 0) is 31.2 Å². The first-order chi connectivity index (χ1) is 11.1. The lowest BCUT2D eigenvalue weighted by atomic mass is 10.1. The second kappa shape index (κ2) is 6.89. The van der Waals surface area contributed by atoms with E-state index in [4.69, 9.17) is 21.1 Å². The van der Waals surface area contributed by atoms with Crippen molar-refractivity contribution in [3.63, 3.8) is 0 Å². The third kappa shape index (κ3) is 3.94. The Hall–Kier alpha value is -2.24. The normalized spacial score (nSPS) is 13.7. The number of quaternary nitrogens is 1. The largest absolute Gasteiger partial charge is 0.454 e. The topological polar surface area (TPSA) is 64.2 Å². The minimum Gasteiger partial charge on any atom is -0.454 e. The number of nitrogens with two attached hydrogens (primary N) is 1. The highest BCUT2D eigenvalue weighted by atomic mass is 35.5. The molecule has 3 rings (SSSR count). The molecule has 0 saturated heterocycles. The fourth-order valence-corrected chi connectivity index (χ4v) is 2.50. The van der Waals surface area contributed by atoms with Crippen LogP contribution in [0.4, 0.5) is 5.69 Å². The van der Waals surface area contributed by atoms with Crippen LogP contribution in [0.3, 0.4) is 0 Å². The number of carbonyl (C=O) groups excluding carboxylic acids is 1. The number of benzene rings is 2. The van der Waals surface area contributed by atoms with Crippen molar-refractivity contribution >= 4 is 23.2 Å². The Morgan fingerprint density at radius 3 is 2.74 bits per heavy atom. The van der Waals surface area contributed by atoms with Gasteiger partial charge in [0, 0.05) is 22.3 Å². The van der Waals surface area contributed by atoms with Gasteiger partial charge in [0.25, 0.3) is 5.91 Å². The van der Waals surface area contributed by atoms with E-state index in [1.807, 2.05) is 29.6 Å². The first-order valence-electron chi connectivity index (χ1n) is 7.40. The van der Waals surface area contributed by atoms with Crippen LogP contribution in [-0.4, -0.2) is 19.2 Å². The molecule has 0 aliphatic carbocycles. The van der Waals surface area contributed by atoms with E-state index in [0.29, 0.717) is 28.8 Å². The molecule has 0 spiro atoms. The lowest BCUT2D eigenvalue weighted by Gasteiger charge is -2.11. The molecule has 1 heterocycles. The lowest BCUT2D eigenvalue weighted by Crippen LogP contribution is -2.86. The minimum atomic E-state index is -0.0651. The van der Waals surface area contributed by atoms with E-state index in [2.05, 4.69) is 12.2 Å². The van der Waals surface area contributed by atoms with Gasteiger partial charge in [0.15, 0.2) is 18.0 Å². The number of ether oxygens (including phenoxy) is 2. The zero-order valence-corrected chi connectivity index (χ0v) is 13.5. The van der Waals surface area contributed by atoms with Crippen molar-refractivity contribution in [2.24, 2.45) is 0 Å². The number of hydrogen-bond acceptors (Lipinski definition) is 3. The van der Waals surface area contributed by atoms with Crippen LogP contribution in [0.1, 0.15) is 18.5 Å². The van der Waals surface area contributed by atoms with Crippen molar-refractivity contribution < 1.29 is 19.6 Å². The van der Waals surface area contributed by atoms with Crippen molar-refractivity contribution in [1.82, 2.24) is 0 Å². The number of amides is 1. The highest BCUT2D eigenvalue weighted by Gasteiger charge is 2.15. The summed E-state index contributed by atoms with van der Waals surface area (Å²) in [6.07, 6.45) is 0. The summed E-state index contributed by atoms with van der Waals surface area (Å²) >= 11 is 5.88. The number of halogens is 1. The molecule has 2 aromatic carbocycles. The molecular formula is C17H18ClN2O3+. The van der Waals surface area contributed by atoms with Crippen LogP contribution < -0.4 is 20.1 Å². The molecule has 0 aromatic heterocycles. The molecule has 0 saturated carbocycles. The van der Waals surface area contributed by atoms with Crippen molar-refractivity contribution in [3.8, 4) is 11.5 Å². The molecule has 0 bridgehead atoms. The second-order valence-corrected chi connectivity index (χ2v) is 5.83. The molecule has 23 heavy (non-hydrogen) atoms. The highest BCUT2D eigenvalue weighted by molar-refractivity contribution is 6.30. The Morgan fingerprint density at radius 2 is 1.96 bits per heavy atom. The summed E-state index contributed by atoms with van der Waals surface area (Å²) in [6.45, 7) is 2.61. The molecule has 0 unspecified atom stereocenters. The Labute approximate surface area is 139 Å². The molecule has 5 nitrogen and oxygen atoms in total. The van der Waals surface area contributed by atoms with E-state index in [1.54, 1.807) is 18.2 Å². The summed E-state index contributed by atoms with van der Waals surface area (Å²) in [5.74, 6) is 1.29. The van der Waals surface area contributed by atoms with Gasteiger partial charge >= 0.3 is 0 Å². The van der Waals surface area contributed by atoms with Gasteiger partial charge in [-0.3, -0.25) is 4.79 Å². The highest BCUT2D eigenvalue weighted by Crippen LogP contribution is 2.34. The first kappa shape index (κ1) is 15.6. The maximum Gasteiger partial charge on any atom is 0.279 e. The van der Waals surface area contributed by atoms with Gasteiger partial charge in [0.1, 0.15) is 6.04 Å². The van der Waals surface area contributed by atoms with Crippen LogP contribution >= 0.6 is 11.6 Å². The predicted molar refractivity (Wildman–Crippen MR) is 87.9 cm³/mol. The number of nitrogens with one attached hydrogen (secondary N) is 1. The van der Waals surface area contributed by atoms with Gasteiger partial charge in [-0.25, -0.2) is 0 Å². The minimum absolute atomic E-state index is 0.0651. The van der Waals surface area contributed by atoms with Crippen LogP contribution in [0.25, 0.3) is 0 Å². The predicted octanol–water partition coefficient (Wildman–Crippen LogP) is 2.33. The van der Waals surface area contributed by atoms with Crippen molar-refractivity contribution in [3.05, 3.63) is 53.1 Å².